The van der Waals surface area contributed by atoms with Gasteiger partial charge in [0.1, 0.15) is 5.82 Å². The number of imidazole rings is 1. The number of nitrogens with zero attached hydrogens (tertiary/aromatic N) is 2. The summed E-state index contributed by atoms with van der Waals surface area (Å²) < 4.78 is 8.26. The summed E-state index contributed by atoms with van der Waals surface area (Å²) in [6, 6.07) is 0.627. The molecule has 4 heteroatoms. The molecule has 0 amide bonds. The first kappa shape index (κ1) is 14.1. The summed E-state index contributed by atoms with van der Waals surface area (Å²) in [5.74, 6) is 1.16. The number of hydrogen-bond acceptors (Lipinski definition) is 3. The van der Waals surface area contributed by atoms with E-state index in [1.807, 2.05) is 12.4 Å². The van der Waals surface area contributed by atoms with Gasteiger partial charge in [0.2, 0.25) is 0 Å². The molecule has 1 aromatic heterocycles. The Morgan fingerprint density at radius 1 is 1.40 bits per heavy atom. The zero-order valence-electron chi connectivity index (χ0n) is 12.6. The quantitative estimate of drug-likeness (QED) is 0.918. The summed E-state index contributed by atoms with van der Waals surface area (Å²) in [5.41, 5.74) is 0.206. The lowest BCUT2D eigenvalue weighted by Gasteiger charge is -2.43. The Kier molecular flexibility index (Phi) is 4.41. The molecule has 1 aliphatic carbocycles. The van der Waals surface area contributed by atoms with E-state index in [2.05, 4.69) is 21.9 Å². The fraction of sp³-hybridized carbons (Fsp3) is 0.812. The van der Waals surface area contributed by atoms with Crippen LogP contribution in [0.2, 0.25) is 0 Å². The third-order valence-corrected chi connectivity index (χ3v) is 4.96. The first-order valence-corrected chi connectivity index (χ1v) is 8.11. The Labute approximate surface area is 121 Å². The van der Waals surface area contributed by atoms with Gasteiger partial charge in [-0.05, 0) is 25.7 Å². The van der Waals surface area contributed by atoms with E-state index in [9.17, 15) is 0 Å². The minimum absolute atomic E-state index is 0.206. The smallest absolute Gasteiger partial charge is 0.109 e. The van der Waals surface area contributed by atoms with Crippen LogP contribution in [0.4, 0.5) is 0 Å². The van der Waals surface area contributed by atoms with Crippen molar-refractivity contribution in [3.05, 3.63) is 18.2 Å². The molecule has 1 aliphatic heterocycles. The number of rotatable bonds is 4. The van der Waals surface area contributed by atoms with Crippen molar-refractivity contribution in [1.82, 2.24) is 14.9 Å². The maximum absolute atomic E-state index is 6.15. The van der Waals surface area contributed by atoms with Crippen LogP contribution in [0, 0.1) is 0 Å². The summed E-state index contributed by atoms with van der Waals surface area (Å²) in [4.78, 5) is 4.38. The van der Waals surface area contributed by atoms with Crippen molar-refractivity contribution < 1.29 is 4.74 Å². The van der Waals surface area contributed by atoms with Gasteiger partial charge in [-0.25, -0.2) is 4.98 Å². The van der Waals surface area contributed by atoms with Gasteiger partial charge in [-0.2, -0.15) is 0 Å². The third-order valence-electron chi connectivity index (χ3n) is 4.96. The van der Waals surface area contributed by atoms with E-state index < -0.39 is 0 Å². The first-order valence-electron chi connectivity index (χ1n) is 8.11. The van der Waals surface area contributed by atoms with Crippen LogP contribution < -0.4 is 5.32 Å². The van der Waals surface area contributed by atoms with Gasteiger partial charge in [-0.3, -0.25) is 0 Å². The molecule has 0 aromatic carbocycles. The highest BCUT2D eigenvalue weighted by Crippen LogP contribution is 2.38. The van der Waals surface area contributed by atoms with Crippen LogP contribution in [-0.4, -0.2) is 34.3 Å². The Bertz CT molecular complexity index is 418. The predicted octanol–water partition coefficient (Wildman–Crippen LogP) is 2.43. The molecule has 112 valence electrons. The van der Waals surface area contributed by atoms with Crippen molar-refractivity contribution >= 4 is 0 Å². The van der Waals surface area contributed by atoms with Crippen molar-refractivity contribution in [3.8, 4) is 0 Å². The number of ether oxygens (including phenoxy) is 1. The molecular weight excluding hydrogens is 250 g/mol. The molecule has 1 unspecified atom stereocenters. The summed E-state index contributed by atoms with van der Waals surface area (Å²) >= 11 is 0. The molecule has 1 saturated carbocycles. The molecule has 2 heterocycles. The van der Waals surface area contributed by atoms with Crippen molar-refractivity contribution in [2.45, 2.75) is 63.0 Å². The lowest BCUT2D eigenvalue weighted by Crippen LogP contribution is -2.48. The van der Waals surface area contributed by atoms with Gasteiger partial charge in [-0.1, -0.05) is 19.3 Å². The number of nitrogens with one attached hydrogen (secondary N) is 1. The van der Waals surface area contributed by atoms with E-state index in [0.29, 0.717) is 6.04 Å². The molecule has 4 nitrogen and oxygen atoms in total. The molecule has 2 fully saturated rings. The molecule has 1 spiro atoms. The zero-order valence-corrected chi connectivity index (χ0v) is 12.6. The number of aromatic nitrogens is 2. The predicted molar refractivity (Wildman–Crippen MR) is 79.7 cm³/mol. The van der Waals surface area contributed by atoms with E-state index in [4.69, 9.17) is 4.74 Å². The third kappa shape index (κ3) is 3.23. The Hall–Kier alpha value is -0.870. The Morgan fingerprint density at radius 3 is 3.00 bits per heavy atom. The van der Waals surface area contributed by atoms with Crippen LogP contribution in [0.25, 0.3) is 0 Å². The van der Waals surface area contributed by atoms with E-state index in [0.717, 1.165) is 31.8 Å². The second-order valence-corrected chi connectivity index (χ2v) is 6.44. The SMILES string of the molecule is Cn1ccnc1CCNC1CCOC2(CCCCC2)C1. The van der Waals surface area contributed by atoms with Crippen molar-refractivity contribution in [1.29, 1.82) is 0 Å². The minimum Gasteiger partial charge on any atom is -0.375 e. The number of aryl methyl sites for hydroxylation is 1. The molecule has 3 rings (SSSR count). The second kappa shape index (κ2) is 6.27. The second-order valence-electron chi connectivity index (χ2n) is 6.44. The zero-order chi connectivity index (χ0) is 13.8. The molecular formula is C16H27N3O. The average molecular weight is 277 g/mol. The van der Waals surface area contributed by atoms with Gasteiger partial charge in [0, 0.05) is 45.1 Å². The van der Waals surface area contributed by atoms with Crippen LogP contribution >= 0.6 is 0 Å². The van der Waals surface area contributed by atoms with E-state index in [1.165, 1.54) is 38.5 Å². The van der Waals surface area contributed by atoms with Gasteiger partial charge >= 0.3 is 0 Å². The van der Waals surface area contributed by atoms with E-state index in [1.54, 1.807) is 0 Å². The van der Waals surface area contributed by atoms with Crippen LogP contribution in [-0.2, 0) is 18.2 Å². The largest absolute Gasteiger partial charge is 0.375 e. The van der Waals surface area contributed by atoms with Crippen molar-refractivity contribution in [3.63, 3.8) is 0 Å². The number of hydrogen-bond donors (Lipinski definition) is 1. The van der Waals surface area contributed by atoms with Gasteiger partial charge in [-0.15, -0.1) is 0 Å². The van der Waals surface area contributed by atoms with Crippen LogP contribution in [0.3, 0.4) is 0 Å². The molecule has 0 bridgehead atoms. The fourth-order valence-corrected chi connectivity index (χ4v) is 3.77. The summed E-state index contributed by atoms with van der Waals surface area (Å²) in [6.45, 7) is 1.95. The van der Waals surface area contributed by atoms with Crippen LogP contribution in [0.5, 0.6) is 0 Å². The molecule has 1 aromatic rings. The average Bonchev–Trinajstić information content (AvgIpc) is 2.86. The van der Waals surface area contributed by atoms with Crippen LogP contribution in [0.1, 0.15) is 50.8 Å². The molecule has 0 radical (unpaired) electrons. The normalized spacial score (nSPS) is 25.9. The van der Waals surface area contributed by atoms with E-state index >= 15 is 0 Å². The molecule has 20 heavy (non-hydrogen) atoms. The highest BCUT2D eigenvalue weighted by Gasteiger charge is 2.38. The molecule has 2 aliphatic rings. The van der Waals surface area contributed by atoms with Crippen molar-refractivity contribution in [2.75, 3.05) is 13.2 Å². The van der Waals surface area contributed by atoms with Crippen molar-refractivity contribution in [2.24, 2.45) is 7.05 Å². The highest BCUT2D eigenvalue weighted by atomic mass is 16.5. The molecule has 1 saturated heterocycles. The monoisotopic (exact) mass is 277 g/mol. The summed E-state index contributed by atoms with van der Waals surface area (Å²) in [6.07, 6.45) is 13.9. The minimum atomic E-state index is 0.206. The van der Waals surface area contributed by atoms with Gasteiger partial charge < -0.3 is 14.6 Å². The first-order chi connectivity index (χ1) is 9.77. The summed E-state index contributed by atoms with van der Waals surface area (Å²) in [5, 5.41) is 3.73. The lowest BCUT2D eigenvalue weighted by molar-refractivity contribution is -0.109. The molecule has 1 N–H and O–H groups in total. The maximum Gasteiger partial charge on any atom is 0.109 e. The topological polar surface area (TPSA) is 39.1 Å². The van der Waals surface area contributed by atoms with Gasteiger partial charge in [0.25, 0.3) is 0 Å². The fourth-order valence-electron chi connectivity index (χ4n) is 3.77. The van der Waals surface area contributed by atoms with E-state index in [-0.39, 0.29) is 5.60 Å². The highest BCUT2D eigenvalue weighted by molar-refractivity contribution is 4.94. The Morgan fingerprint density at radius 2 is 2.25 bits per heavy atom. The van der Waals surface area contributed by atoms with Crippen LogP contribution in [0.15, 0.2) is 12.4 Å². The lowest BCUT2D eigenvalue weighted by atomic mass is 9.78. The maximum atomic E-state index is 6.15. The summed E-state index contributed by atoms with van der Waals surface area (Å²) in [7, 11) is 2.06. The van der Waals surface area contributed by atoms with Gasteiger partial charge in [0.15, 0.2) is 0 Å². The standard InChI is InChI=1S/C16H27N3O/c1-19-11-10-18-15(19)5-9-17-14-6-12-20-16(13-14)7-3-2-4-8-16/h10-11,14,17H,2-9,12-13H2,1H3. The van der Waals surface area contributed by atoms with Gasteiger partial charge in [0.05, 0.1) is 5.60 Å². The molecule has 1 atom stereocenters. The Balaban J connectivity index is 1.47.